The van der Waals surface area contributed by atoms with Crippen molar-refractivity contribution in [3.05, 3.63) is 47.2 Å². The van der Waals surface area contributed by atoms with Crippen molar-refractivity contribution in [2.45, 2.75) is 20.8 Å². The first-order valence-corrected chi connectivity index (χ1v) is 7.60. The Labute approximate surface area is 134 Å². The number of hydrogen-bond acceptors (Lipinski definition) is 4. The molecule has 0 spiro atoms. The SMILES string of the molecule is CCN(C)C(=O)c1cc(-c2ccc(C)cc2)nc2onc(C)c12. The Morgan fingerprint density at radius 1 is 1.22 bits per heavy atom. The predicted molar refractivity (Wildman–Crippen MR) is 89.3 cm³/mol. The smallest absolute Gasteiger partial charge is 0.259 e. The third-order valence-corrected chi connectivity index (χ3v) is 4.02. The Kier molecular flexibility index (Phi) is 3.86. The third-order valence-electron chi connectivity index (χ3n) is 4.02. The lowest BCUT2D eigenvalue weighted by Crippen LogP contribution is -2.26. The van der Waals surface area contributed by atoms with E-state index < -0.39 is 0 Å². The molecule has 0 saturated heterocycles. The van der Waals surface area contributed by atoms with E-state index in [4.69, 9.17) is 4.52 Å². The fraction of sp³-hybridized carbons (Fsp3) is 0.278. The van der Waals surface area contributed by atoms with Crippen molar-refractivity contribution in [2.75, 3.05) is 13.6 Å². The van der Waals surface area contributed by atoms with Gasteiger partial charge in [-0.3, -0.25) is 4.79 Å². The molecule has 0 aliphatic carbocycles. The first-order chi connectivity index (χ1) is 11.0. The number of aromatic nitrogens is 2. The van der Waals surface area contributed by atoms with Crippen molar-refractivity contribution in [1.82, 2.24) is 15.0 Å². The van der Waals surface area contributed by atoms with Gasteiger partial charge < -0.3 is 9.42 Å². The molecule has 1 aromatic carbocycles. The van der Waals surface area contributed by atoms with E-state index in [0.29, 0.717) is 34.6 Å². The Morgan fingerprint density at radius 3 is 2.57 bits per heavy atom. The van der Waals surface area contributed by atoms with Gasteiger partial charge in [-0.05, 0) is 26.8 Å². The van der Waals surface area contributed by atoms with Gasteiger partial charge in [-0.1, -0.05) is 35.0 Å². The molecule has 23 heavy (non-hydrogen) atoms. The number of carbonyl (C=O) groups is 1. The first kappa shape index (κ1) is 15.2. The summed E-state index contributed by atoms with van der Waals surface area (Å²) in [4.78, 5) is 18.9. The van der Waals surface area contributed by atoms with E-state index in [-0.39, 0.29) is 5.91 Å². The lowest BCUT2D eigenvalue weighted by atomic mass is 10.0. The third kappa shape index (κ3) is 2.70. The molecule has 3 aromatic rings. The summed E-state index contributed by atoms with van der Waals surface area (Å²) in [6, 6.07) is 9.85. The second-order valence-electron chi connectivity index (χ2n) is 5.69. The molecule has 118 valence electrons. The van der Waals surface area contributed by atoms with Crippen LogP contribution in [0, 0.1) is 13.8 Å². The fourth-order valence-corrected chi connectivity index (χ4v) is 2.48. The topological polar surface area (TPSA) is 59.2 Å². The van der Waals surface area contributed by atoms with Gasteiger partial charge in [0.25, 0.3) is 11.6 Å². The minimum atomic E-state index is -0.0560. The highest BCUT2D eigenvalue weighted by Gasteiger charge is 2.21. The van der Waals surface area contributed by atoms with Crippen LogP contribution in [-0.2, 0) is 0 Å². The molecule has 0 aliphatic rings. The van der Waals surface area contributed by atoms with Crippen LogP contribution in [-0.4, -0.2) is 34.5 Å². The molecular weight excluding hydrogens is 290 g/mol. The van der Waals surface area contributed by atoms with Gasteiger partial charge in [-0.15, -0.1) is 0 Å². The van der Waals surface area contributed by atoms with Crippen LogP contribution < -0.4 is 0 Å². The number of fused-ring (bicyclic) bond motifs is 1. The van der Waals surface area contributed by atoms with E-state index in [2.05, 4.69) is 10.1 Å². The van der Waals surface area contributed by atoms with Gasteiger partial charge in [0.2, 0.25) is 0 Å². The fourth-order valence-electron chi connectivity index (χ4n) is 2.48. The summed E-state index contributed by atoms with van der Waals surface area (Å²) in [6.07, 6.45) is 0. The molecule has 5 nitrogen and oxygen atoms in total. The van der Waals surface area contributed by atoms with E-state index in [1.807, 2.05) is 51.1 Å². The van der Waals surface area contributed by atoms with Crippen molar-refractivity contribution in [1.29, 1.82) is 0 Å². The van der Waals surface area contributed by atoms with Crippen LogP contribution in [0.3, 0.4) is 0 Å². The summed E-state index contributed by atoms with van der Waals surface area (Å²) in [5.41, 5.74) is 4.48. The predicted octanol–water partition coefficient (Wildman–Crippen LogP) is 3.60. The van der Waals surface area contributed by atoms with Gasteiger partial charge in [0.05, 0.1) is 22.3 Å². The number of hydrogen-bond donors (Lipinski definition) is 0. The number of pyridine rings is 1. The standard InChI is InChI=1S/C18H19N3O2/c1-5-21(4)18(22)14-10-15(13-8-6-11(2)7-9-13)19-17-16(14)12(3)20-23-17/h6-10H,5H2,1-4H3. The molecular formula is C18H19N3O2. The zero-order valence-corrected chi connectivity index (χ0v) is 13.8. The zero-order valence-electron chi connectivity index (χ0n) is 13.8. The number of nitrogens with zero attached hydrogens (tertiary/aromatic N) is 3. The van der Waals surface area contributed by atoms with Crippen molar-refractivity contribution in [2.24, 2.45) is 0 Å². The lowest BCUT2D eigenvalue weighted by molar-refractivity contribution is 0.0804. The molecule has 0 bridgehead atoms. The molecule has 2 aromatic heterocycles. The molecule has 0 saturated carbocycles. The average Bonchev–Trinajstić information content (AvgIpc) is 2.94. The lowest BCUT2D eigenvalue weighted by Gasteiger charge is -2.15. The number of aryl methyl sites for hydroxylation is 2. The zero-order chi connectivity index (χ0) is 16.6. The maximum Gasteiger partial charge on any atom is 0.259 e. The molecule has 3 rings (SSSR count). The Hall–Kier alpha value is -2.69. The molecule has 0 radical (unpaired) electrons. The van der Waals surface area contributed by atoms with Crippen LogP contribution in [0.5, 0.6) is 0 Å². The molecule has 0 N–H and O–H groups in total. The van der Waals surface area contributed by atoms with Gasteiger partial charge in [0.1, 0.15) is 0 Å². The maximum absolute atomic E-state index is 12.7. The quantitative estimate of drug-likeness (QED) is 0.741. The van der Waals surface area contributed by atoms with Crippen LogP contribution in [0.2, 0.25) is 0 Å². The summed E-state index contributed by atoms with van der Waals surface area (Å²) in [5.74, 6) is -0.0560. The summed E-state index contributed by atoms with van der Waals surface area (Å²) in [5, 5.41) is 4.65. The van der Waals surface area contributed by atoms with Crippen molar-refractivity contribution < 1.29 is 9.32 Å². The van der Waals surface area contributed by atoms with Gasteiger partial charge in [0, 0.05) is 19.2 Å². The summed E-state index contributed by atoms with van der Waals surface area (Å²) < 4.78 is 5.31. The molecule has 1 amide bonds. The van der Waals surface area contributed by atoms with Crippen molar-refractivity contribution in [3.8, 4) is 11.3 Å². The van der Waals surface area contributed by atoms with Crippen LogP contribution in [0.15, 0.2) is 34.9 Å². The van der Waals surface area contributed by atoms with Crippen LogP contribution in [0.1, 0.15) is 28.5 Å². The minimum Gasteiger partial charge on any atom is -0.342 e. The molecule has 0 fully saturated rings. The highest BCUT2D eigenvalue weighted by Crippen LogP contribution is 2.27. The van der Waals surface area contributed by atoms with E-state index in [1.165, 1.54) is 5.56 Å². The van der Waals surface area contributed by atoms with E-state index >= 15 is 0 Å². The molecule has 2 heterocycles. The van der Waals surface area contributed by atoms with E-state index in [0.717, 1.165) is 5.56 Å². The van der Waals surface area contributed by atoms with Gasteiger partial charge >= 0.3 is 0 Å². The largest absolute Gasteiger partial charge is 0.342 e. The number of amides is 1. The number of carbonyl (C=O) groups excluding carboxylic acids is 1. The molecule has 0 aliphatic heterocycles. The second-order valence-corrected chi connectivity index (χ2v) is 5.69. The second kappa shape index (κ2) is 5.83. The van der Waals surface area contributed by atoms with Gasteiger partial charge in [-0.25, -0.2) is 4.98 Å². The highest BCUT2D eigenvalue weighted by molar-refractivity contribution is 6.06. The Bertz CT molecular complexity index is 866. The highest BCUT2D eigenvalue weighted by atomic mass is 16.5. The molecule has 5 heteroatoms. The van der Waals surface area contributed by atoms with Crippen molar-refractivity contribution >= 4 is 17.0 Å². The van der Waals surface area contributed by atoms with E-state index in [1.54, 1.807) is 11.9 Å². The Morgan fingerprint density at radius 2 is 1.91 bits per heavy atom. The van der Waals surface area contributed by atoms with Crippen LogP contribution >= 0.6 is 0 Å². The molecule has 0 unspecified atom stereocenters. The Balaban J connectivity index is 2.22. The summed E-state index contributed by atoms with van der Waals surface area (Å²) in [7, 11) is 1.78. The normalized spacial score (nSPS) is 11.0. The summed E-state index contributed by atoms with van der Waals surface area (Å²) in [6.45, 7) is 6.43. The monoisotopic (exact) mass is 309 g/mol. The maximum atomic E-state index is 12.7. The van der Waals surface area contributed by atoms with Gasteiger partial charge in [-0.2, -0.15) is 0 Å². The first-order valence-electron chi connectivity index (χ1n) is 7.60. The minimum absolute atomic E-state index is 0.0560. The van der Waals surface area contributed by atoms with Gasteiger partial charge in [0.15, 0.2) is 0 Å². The molecule has 0 atom stereocenters. The summed E-state index contributed by atoms with van der Waals surface area (Å²) >= 11 is 0. The number of benzene rings is 1. The van der Waals surface area contributed by atoms with Crippen molar-refractivity contribution in [3.63, 3.8) is 0 Å². The van der Waals surface area contributed by atoms with Crippen LogP contribution in [0.25, 0.3) is 22.4 Å². The van der Waals surface area contributed by atoms with E-state index in [9.17, 15) is 4.79 Å². The number of rotatable bonds is 3. The van der Waals surface area contributed by atoms with Crippen LogP contribution in [0.4, 0.5) is 0 Å². The average molecular weight is 309 g/mol.